The van der Waals surface area contributed by atoms with Gasteiger partial charge in [0.05, 0.1) is 20.4 Å². The normalized spacial score (nSPS) is 15.2. The summed E-state index contributed by atoms with van der Waals surface area (Å²) in [4.78, 5) is 10.5. The van der Waals surface area contributed by atoms with Crippen LogP contribution in [-0.2, 0) is 0 Å². The summed E-state index contributed by atoms with van der Waals surface area (Å²) in [5.41, 5.74) is 7.33. The number of hydrogen-bond donors (Lipinski definition) is 0. The monoisotopic (exact) mass is 542 g/mol. The van der Waals surface area contributed by atoms with Gasteiger partial charge in [0.15, 0.2) is 0 Å². The summed E-state index contributed by atoms with van der Waals surface area (Å²) in [5, 5.41) is 5.21. The molecular weight excluding hydrogens is 517 g/mol. The van der Waals surface area contributed by atoms with Gasteiger partial charge in [-0.2, -0.15) is 0 Å². The molecule has 1 aliphatic rings. The Morgan fingerprint density at radius 1 is 0.553 bits per heavy atom. The highest BCUT2D eigenvalue weighted by Gasteiger charge is 2.48. The first-order chi connectivity index (χ1) is 18.7. The third-order valence-electron chi connectivity index (χ3n) is 7.70. The first-order valence-electron chi connectivity index (χ1n) is 13.0. The average molecular weight is 543 g/mol. The molecule has 0 unspecified atom stereocenters. The zero-order chi connectivity index (χ0) is 25.7. The quantitative estimate of drug-likeness (QED) is 0.203. The number of nitrogens with zero attached hydrogens (tertiary/aromatic N) is 2. The second-order valence-corrected chi connectivity index (χ2v) is 16.3. The van der Waals surface area contributed by atoms with E-state index in [1.807, 2.05) is 22.7 Å². The summed E-state index contributed by atoms with van der Waals surface area (Å²) in [6, 6.07) is 40.0. The van der Waals surface area contributed by atoms with Crippen LogP contribution in [0.4, 0.5) is 0 Å². The molecule has 0 fully saturated rings. The number of hydrogen-bond acceptors (Lipinski definition) is 4. The van der Waals surface area contributed by atoms with Crippen LogP contribution in [0.2, 0.25) is 12.6 Å². The molecule has 4 aromatic carbocycles. The SMILES string of the molecule is CC[Si]1(C)C(c2nc3ccccc3s2)=C(c2ccccc2)C(c2ccccc2)=C1c1nc2ccccc2s1. The smallest absolute Gasteiger partial charge is 0.124 e. The summed E-state index contributed by atoms with van der Waals surface area (Å²) in [6.45, 7) is 4.90. The van der Waals surface area contributed by atoms with E-state index in [0.29, 0.717) is 0 Å². The number of aromatic nitrogens is 2. The standard InChI is InChI=1S/C33H26N2S2Si/c1-3-38(2)30(32-34-24-18-10-12-20-26(24)36-32)28(22-14-6-4-7-15-22)29(23-16-8-5-9-17-23)31(38)33-35-25-19-11-13-21-27(25)37-33/h4-21H,3H2,1-2H3. The molecule has 38 heavy (non-hydrogen) atoms. The molecule has 2 aromatic heterocycles. The zero-order valence-electron chi connectivity index (χ0n) is 21.3. The number of fused-ring (bicyclic) bond motifs is 2. The van der Waals surface area contributed by atoms with Crippen LogP contribution in [0.3, 0.4) is 0 Å². The van der Waals surface area contributed by atoms with E-state index in [1.54, 1.807) is 0 Å². The number of allylic oxidation sites excluding steroid dienone is 2. The van der Waals surface area contributed by atoms with Gasteiger partial charge in [-0.05, 0) is 56.9 Å². The van der Waals surface area contributed by atoms with Crippen molar-refractivity contribution in [2.75, 3.05) is 0 Å². The lowest BCUT2D eigenvalue weighted by atomic mass is 9.91. The van der Waals surface area contributed by atoms with Crippen molar-refractivity contribution in [3.8, 4) is 0 Å². The molecule has 1 aliphatic heterocycles. The lowest BCUT2D eigenvalue weighted by molar-refractivity contribution is 1.37. The van der Waals surface area contributed by atoms with Crippen LogP contribution >= 0.6 is 22.7 Å². The Hall–Kier alpha value is -3.64. The fraction of sp³-hybridized carbons (Fsp3) is 0.0909. The molecule has 7 rings (SSSR count). The maximum Gasteiger partial charge on any atom is 0.124 e. The fourth-order valence-electron chi connectivity index (χ4n) is 5.71. The van der Waals surface area contributed by atoms with Crippen molar-refractivity contribution >= 4 is 72.7 Å². The lowest BCUT2D eigenvalue weighted by Crippen LogP contribution is -2.32. The molecule has 0 saturated carbocycles. The summed E-state index contributed by atoms with van der Waals surface area (Å²) < 4.78 is 2.48. The highest BCUT2D eigenvalue weighted by atomic mass is 32.1. The van der Waals surface area contributed by atoms with Crippen molar-refractivity contribution in [1.82, 2.24) is 9.97 Å². The Morgan fingerprint density at radius 3 is 1.34 bits per heavy atom. The Kier molecular flexibility index (Phi) is 5.73. The van der Waals surface area contributed by atoms with Gasteiger partial charge in [-0.1, -0.05) is 104 Å². The lowest BCUT2D eigenvalue weighted by Gasteiger charge is -2.26. The van der Waals surface area contributed by atoms with Crippen molar-refractivity contribution in [2.45, 2.75) is 19.5 Å². The van der Waals surface area contributed by atoms with Crippen molar-refractivity contribution in [1.29, 1.82) is 0 Å². The molecule has 6 aromatic rings. The third kappa shape index (κ3) is 3.65. The minimum atomic E-state index is -2.26. The molecular formula is C33H26N2S2Si. The fourth-order valence-corrected chi connectivity index (χ4v) is 12.9. The maximum absolute atomic E-state index is 5.26. The molecule has 0 N–H and O–H groups in total. The number of rotatable bonds is 5. The van der Waals surface area contributed by atoms with E-state index < -0.39 is 8.07 Å². The maximum atomic E-state index is 5.26. The predicted octanol–water partition coefficient (Wildman–Crippen LogP) is 9.62. The number of para-hydroxylation sites is 2. The average Bonchev–Trinajstić information content (AvgIpc) is 3.65. The van der Waals surface area contributed by atoms with Crippen LogP contribution in [0, 0.1) is 0 Å². The van der Waals surface area contributed by atoms with E-state index in [4.69, 9.17) is 9.97 Å². The summed E-state index contributed by atoms with van der Waals surface area (Å²) in [7, 11) is -2.26. The van der Waals surface area contributed by atoms with Gasteiger partial charge in [-0.25, -0.2) is 9.97 Å². The first-order valence-corrected chi connectivity index (χ1v) is 17.3. The van der Waals surface area contributed by atoms with E-state index in [9.17, 15) is 0 Å². The van der Waals surface area contributed by atoms with Crippen LogP contribution in [0.5, 0.6) is 0 Å². The van der Waals surface area contributed by atoms with Crippen LogP contribution in [-0.4, -0.2) is 18.0 Å². The van der Waals surface area contributed by atoms with Gasteiger partial charge in [0.2, 0.25) is 0 Å². The summed E-state index contributed by atoms with van der Waals surface area (Å²) >= 11 is 3.66. The Labute approximate surface area is 231 Å². The second-order valence-electron chi connectivity index (χ2n) is 9.89. The van der Waals surface area contributed by atoms with Gasteiger partial charge in [-0.3, -0.25) is 0 Å². The van der Waals surface area contributed by atoms with Gasteiger partial charge in [0.1, 0.15) is 18.1 Å². The van der Waals surface area contributed by atoms with Crippen LogP contribution in [0.25, 0.3) is 42.0 Å². The number of benzene rings is 4. The van der Waals surface area contributed by atoms with Gasteiger partial charge < -0.3 is 0 Å². The summed E-state index contributed by atoms with van der Waals surface area (Å²) in [5.74, 6) is 0. The largest absolute Gasteiger partial charge is 0.237 e. The van der Waals surface area contributed by atoms with Crippen LogP contribution in [0.1, 0.15) is 28.1 Å². The van der Waals surface area contributed by atoms with Gasteiger partial charge >= 0.3 is 0 Å². The first kappa shape index (κ1) is 23.5. The highest BCUT2D eigenvalue weighted by Crippen LogP contribution is 2.58. The van der Waals surface area contributed by atoms with E-state index in [1.165, 1.54) is 42.1 Å². The predicted molar refractivity (Wildman–Crippen MR) is 168 cm³/mol. The van der Waals surface area contributed by atoms with E-state index in [0.717, 1.165) is 27.1 Å². The van der Waals surface area contributed by atoms with Crippen molar-refractivity contribution < 1.29 is 0 Å². The minimum Gasteiger partial charge on any atom is -0.237 e. The molecule has 3 heterocycles. The molecule has 184 valence electrons. The molecule has 5 heteroatoms. The van der Waals surface area contributed by atoms with Crippen LogP contribution in [0.15, 0.2) is 109 Å². The molecule has 0 atom stereocenters. The molecule has 2 nitrogen and oxygen atoms in total. The number of thiazole rings is 2. The molecule has 0 aliphatic carbocycles. The highest BCUT2D eigenvalue weighted by molar-refractivity contribution is 7.27. The Morgan fingerprint density at radius 2 is 0.947 bits per heavy atom. The zero-order valence-corrected chi connectivity index (χ0v) is 23.9. The molecule has 0 radical (unpaired) electrons. The molecule has 0 amide bonds. The van der Waals surface area contributed by atoms with Gasteiger partial charge in [0.25, 0.3) is 0 Å². The van der Waals surface area contributed by atoms with E-state index in [-0.39, 0.29) is 0 Å². The van der Waals surface area contributed by atoms with Crippen molar-refractivity contribution in [3.63, 3.8) is 0 Å². The Bertz CT molecular complexity index is 1660. The Balaban J connectivity index is 1.62. The van der Waals surface area contributed by atoms with E-state index >= 15 is 0 Å². The minimum absolute atomic E-state index is 1.08. The van der Waals surface area contributed by atoms with Crippen LogP contribution < -0.4 is 0 Å². The summed E-state index contributed by atoms with van der Waals surface area (Å²) in [6.07, 6.45) is 0. The van der Waals surface area contributed by atoms with Crippen molar-refractivity contribution in [3.05, 3.63) is 130 Å². The topological polar surface area (TPSA) is 25.8 Å². The third-order valence-corrected chi connectivity index (χ3v) is 14.8. The van der Waals surface area contributed by atoms with Crippen molar-refractivity contribution in [2.24, 2.45) is 0 Å². The van der Waals surface area contributed by atoms with Gasteiger partial charge in [-0.15, -0.1) is 22.7 Å². The molecule has 0 saturated heterocycles. The molecule has 0 spiro atoms. The van der Waals surface area contributed by atoms with E-state index in [2.05, 4.69) is 123 Å². The second kappa shape index (κ2) is 9.28. The van der Waals surface area contributed by atoms with Gasteiger partial charge in [0, 0.05) is 0 Å². The molecule has 0 bridgehead atoms.